The summed E-state index contributed by atoms with van der Waals surface area (Å²) in [5.41, 5.74) is 0.877. The lowest BCUT2D eigenvalue weighted by Gasteiger charge is -2.33. The Bertz CT molecular complexity index is 936. The summed E-state index contributed by atoms with van der Waals surface area (Å²) < 4.78 is 46.5. The molecule has 162 valence electrons. The molecule has 1 aliphatic rings. The fourth-order valence-electron chi connectivity index (χ4n) is 3.38. The zero-order chi connectivity index (χ0) is 21.6. The van der Waals surface area contributed by atoms with E-state index in [0.717, 1.165) is 0 Å². The van der Waals surface area contributed by atoms with E-state index in [1.807, 2.05) is 0 Å². The van der Waals surface area contributed by atoms with Crippen LogP contribution in [-0.2, 0) is 26.2 Å². The SMILES string of the molecule is O=CN(O)C(CS(=O)(=O)N1CCC(OCc2ccccc2F)CC1)c1cccnc1. The molecule has 3 rings (SSSR count). The number of sulfonamides is 1. The molecule has 30 heavy (non-hydrogen) atoms. The Morgan fingerprint density at radius 3 is 2.63 bits per heavy atom. The zero-order valence-electron chi connectivity index (χ0n) is 16.3. The predicted molar refractivity (Wildman–Crippen MR) is 106 cm³/mol. The summed E-state index contributed by atoms with van der Waals surface area (Å²) in [7, 11) is -3.75. The summed E-state index contributed by atoms with van der Waals surface area (Å²) in [6.07, 6.45) is 3.88. The van der Waals surface area contributed by atoms with Gasteiger partial charge in [-0.15, -0.1) is 0 Å². The Hall–Kier alpha value is -2.40. The number of halogens is 1. The number of benzene rings is 1. The fraction of sp³-hybridized carbons (Fsp3) is 0.400. The third kappa shape index (κ3) is 5.60. The molecule has 0 spiro atoms. The van der Waals surface area contributed by atoms with Crippen LogP contribution in [0.3, 0.4) is 0 Å². The molecule has 1 N–H and O–H groups in total. The number of pyridine rings is 1. The Morgan fingerprint density at radius 1 is 1.27 bits per heavy atom. The molecule has 1 unspecified atom stereocenters. The van der Waals surface area contributed by atoms with Crippen molar-refractivity contribution in [2.24, 2.45) is 0 Å². The molecule has 1 atom stereocenters. The molecule has 1 aromatic heterocycles. The molecule has 8 nitrogen and oxygen atoms in total. The van der Waals surface area contributed by atoms with Gasteiger partial charge < -0.3 is 4.74 Å². The van der Waals surface area contributed by atoms with Crippen molar-refractivity contribution < 1.29 is 27.5 Å². The number of amides is 1. The highest BCUT2D eigenvalue weighted by Gasteiger charge is 2.33. The van der Waals surface area contributed by atoms with Gasteiger partial charge in [-0.25, -0.2) is 22.2 Å². The monoisotopic (exact) mass is 437 g/mol. The van der Waals surface area contributed by atoms with Crippen molar-refractivity contribution in [2.45, 2.75) is 31.6 Å². The normalized spacial score (nSPS) is 16.9. The number of aromatic nitrogens is 1. The van der Waals surface area contributed by atoms with Gasteiger partial charge in [0.05, 0.1) is 18.5 Å². The number of carbonyl (C=O) groups is 1. The smallest absolute Gasteiger partial charge is 0.233 e. The van der Waals surface area contributed by atoms with Crippen LogP contribution < -0.4 is 0 Å². The maximum Gasteiger partial charge on any atom is 0.233 e. The first kappa shape index (κ1) is 22.3. The van der Waals surface area contributed by atoms with Crippen molar-refractivity contribution in [3.05, 3.63) is 65.7 Å². The van der Waals surface area contributed by atoms with Gasteiger partial charge in [-0.05, 0) is 30.5 Å². The van der Waals surface area contributed by atoms with Crippen LogP contribution in [0.25, 0.3) is 0 Å². The van der Waals surface area contributed by atoms with Gasteiger partial charge in [0, 0.05) is 31.0 Å². The van der Waals surface area contributed by atoms with Crippen LogP contribution in [0.1, 0.15) is 30.0 Å². The summed E-state index contributed by atoms with van der Waals surface area (Å²) in [5, 5.41) is 10.2. The van der Waals surface area contributed by atoms with E-state index in [2.05, 4.69) is 4.98 Å². The van der Waals surface area contributed by atoms with Crippen molar-refractivity contribution in [3.63, 3.8) is 0 Å². The van der Waals surface area contributed by atoms with Gasteiger partial charge in [-0.3, -0.25) is 15.0 Å². The average molecular weight is 437 g/mol. The molecular formula is C20H24FN3O5S. The molecule has 1 amide bonds. The summed E-state index contributed by atoms with van der Waals surface area (Å²) in [6.45, 7) is 0.624. The molecule has 1 aromatic carbocycles. The molecule has 1 saturated heterocycles. The van der Waals surface area contributed by atoms with E-state index in [0.29, 0.717) is 29.0 Å². The molecule has 0 radical (unpaired) electrons. The van der Waals surface area contributed by atoms with E-state index in [1.165, 1.54) is 22.8 Å². The second-order valence-corrected chi connectivity index (χ2v) is 9.08. The lowest BCUT2D eigenvalue weighted by Crippen LogP contribution is -2.44. The quantitative estimate of drug-likeness (QED) is 0.366. The number of carbonyl (C=O) groups excluding carboxylic acids is 1. The average Bonchev–Trinajstić information content (AvgIpc) is 2.77. The zero-order valence-corrected chi connectivity index (χ0v) is 17.1. The Kier molecular flexibility index (Phi) is 7.48. The highest BCUT2D eigenvalue weighted by molar-refractivity contribution is 7.89. The van der Waals surface area contributed by atoms with Crippen molar-refractivity contribution in [1.82, 2.24) is 14.4 Å². The van der Waals surface area contributed by atoms with E-state index in [1.54, 1.807) is 30.3 Å². The van der Waals surface area contributed by atoms with Crippen molar-refractivity contribution in [3.8, 4) is 0 Å². The van der Waals surface area contributed by atoms with Crippen LogP contribution in [0.15, 0.2) is 48.8 Å². The van der Waals surface area contributed by atoms with E-state index in [4.69, 9.17) is 4.74 Å². The number of rotatable bonds is 9. The summed E-state index contributed by atoms with van der Waals surface area (Å²) >= 11 is 0. The van der Waals surface area contributed by atoms with Gasteiger partial charge in [0.1, 0.15) is 11.9 Å². The Labute approximate surface area is 174 Å². The highest BCUT2D eigenvalue weighted by Crippen LogP contribution is 2.24. The van der Waals surface area contributed by atoms with Crippen LogP contribution in [0.2, 0.25) is 0 Å². The lowest BCUT2D eigenvalue weighted by atomic mass is 10.1. The molecule has 0 aliphatic carbocycles. The van der Waals surface area contributed by atoms with Gasteiger partial charge in [-0.1, -0.05) is 24.3 Å². The van der Waals surface area contributed by atoms with Crippen molar-refractivity contribution >= 4 is 16.4 Å². The summed E-state index contributed by atoms with van der Waals surface area (Å²) in [4.78, 5) is 15.0. The van der Waals surface area contributed by atoms with E-state index in [-0.39, 0.29) is 38.0 Å². The first-order valence-corrected chi connectivity index (χ1v) is 11.2. The van der Waals surface area contributed by atoms with E-state index < -0.39 is 21.8 Å². The molecule has 1 fully saturated rings. The second kappa shape index (κ2) is 10.1. The number of hydroxylamine groups is 2. The molecule has 1 aliphatic heterocycles. The minimum absolute atomic E-state index is 0.131. The molecule has 2 heterocycles. The lowest BCUT2D eigenvalue weighted by molar-refractivity contribution is -0.159. The van der Waals surface area contributed by atoms with Crippen LogP contribution in [0, 0.1) is 5.82 Å². The molecule has 10 heteroatoms. The van der Waals surface area contributed by atoms with E-state index in [9.17, 15) is 22.8 Å². The number of piperidine rings is 1. The fourth-order valence-corrected chi connectivity index (χ4v) is 5.10. The molecule has 2 aromatic rings. The van der Waals surface area contributed by atoms with Gasteiger partial charge >= 0.3 is 0 Å². The van der Waals surface area contributed by atoms with Crippen LogP contribution in [0.5, 0.6) is 0 Å². The van der Waals surface area contributed by atoms with Crippen LogP contribution in [0.4, 0.5) is 4.39 Å². The third-order valence-electron chi connectivity index (χ3n) is 5.09. The van der Waals surface area contributed by atoms with Gasteiger partial charge in [0.15, 0.2) is 0 Å². The first-order chi connectivity index (χ1) is 14.4. The predicted octanol–water partition coefficient (Wildman–Crippen LogP) is 2.12. The van der Waals surface area contributed by atoms with Gasteiger partial charge in [0.25, 0.3) is 0 Å². The second-order valence-electron chi connectivity index (χ2n) is 7.07. The highest BCUT2D eigenvalue weighted by atomic mass is 32.2. The largest absolute Gasteiger partial charge is 0.373 e. The number of hydrogen-bond acceptors (Lipinski definition) is 6. The van der Waals surface area contributed by atoms with Crippen LogP contribution in [-0.4, -0.2) is 59.3 Å². The maximum atomic E-state index is 13.7. The number of ether oxygens (including phenoxy) is 1. The Morgan fingerprint density at radius 2 is 2.00 bits per heavy atom. The molecule has 0 saturated carbocycles. The van der Waals surface area contributed by atoms with Crippen LogP contribution >= 0.6 is 0 Å². The third-order valence-corrected chi connectivity index (χ3v) is 6.98. The molecular weight excluding hydrogens is 413 g/mol. The van der Waals surface area contributed by atoms with Gasteiger partial charge in [0.2, 0.25) is 16.4 Å². The summed E-state index contributed by atoms with van der Waals surface area (Å²) in [5.74, 6) is -0.794. The standard InChI is InChI=1S/C20H24FN3O5S/c21-19-6-2-1-4-17(19)13-29-18-7-10-23(11-8-18)30(27,28)14-20(24(26)15-25)16-5-3-9-22-12-16/h1-6,9,12,15,18,20,26H,7-8,10-11,13-14H2. The minimum Gasteiger partial charge on any atom is -0.373 e. The molecule has 0 bridgehead atoms. The number of hydrogen-bond donors (Lipinski definition) is 1. The van der Waals surface area contributed by atoms with Crippen molar-refractivity contribution in [2.75, 3.05) is 18.8 Å². The maximum absolute atomic E-state index is 13.7. The minimum atomic E-state index is -3.75. The Balaban J connectivity index is 1.58. The number of nitrogens with zero attached hydrogens (tertiary/aromatic N) is 3. The van der Waals surface area contributed by atoms with Crippen molar-refractivity contribution in [1.29, 1.82) is 0 Å². The van der Waals surface area contributed by atoms with E-state index >= 15 is 0 Å². The summed E-state index contributed by atoms with van der Waals surface area (Å²) in [6, 6.07) is 8.52. The van der Waals surface area contributed by atoms with Gasteiger partial charge in [-0.2, -0.15) is 0 Å². The topological polar surface area (TPSA) is 100 Å². The first-order valence-electron chi connectivity index (χ1n) is 9.56.